The SMILES string of the molecule is CC(C)C(CN(C)C)Nc1ccc(C(N)=O)cc1N. The number of nitrogens with two attached hydrogens (primary N) is 2. The minimum atomic E-state index is -0.466. The summed E-state index contributed by atoms with van der Waals surface area (Å²) in [6.07, 6.45) is 0. The summed E-state index contributed by atoms with van der Waals surface area (Å²) >= 11 is 0. The topological polar surface area (TPSA) is 84.4 Å². The van der Waals surface area contributed by atoms with Crippen molar-refractivity contribution in [3.05, 3.63) is 23.8 Å². The summed E-state index contributed by atoms with van der Waals surface area (Å²) < 4.78 is 0. The summed E-state index contributed by atoms with van der Waals surface area (Å²) in [4.78, 5) is 13.2. The van der Waals surface area contributed by atoms with Crippen molar-refractivity contribution >= 4 is 17.3 Å². The molecule has 0 aliphatic carbocycles. The van der Waals surface area contributed by atoms with Gasteiger partial charge in [0.25, 0.3) is 0 Å². The zero-order chi connectivity index (χ0) is 14.6. The maximum absolute atomic E-state index is 11.1. The van der Waals surface area contributed by atoms with E-state index in [1.165, 1.54) is 0 Å². The fourth-order valence-corrected chi connectivity index (χ4v) is 1.86. The van der Waals surface area contributed by atoms with E-state index in [0.717, 1.165) is 12.2 Å². The molecular weight excluding hydrogens is 240 g/mol. The Labute approximate surface area is 115 Å². The molecule has 106 valence electrons. The zero-order valence-electron chi connectivity index (χ0n) is 12.1. The number of nitrogen functional groups attached to an aromatic ring is 1. The van der Waals surface area contributed by atoms with E-state index in [4.69, 9.17) is 11.5 Å². The fraction of sp³-hybridized carbons (Fsp3) is 0.500. The number of rotatable bonds is 6. The van der Waals surface area contributed by atoms with Crippen molar-refractivity contribution in [2.24, 2.45) is 11.7 Å². The Morgan fingerprint density at radius 1 is 1.37 bits per heavy atom. The first kappa shape index (κ1) is 15.3. The number of hydrogen-bond donors (Lipinski definition) is 3. The van der Waals surface area contributed by atoms with Gasteiger partial charge in [-0.15, -0.1) is 0 Å². The Morgan fingerprint density at radius 2 is 2.00 bits per heavy atom. The van der Waals surface area contributed by atoms with Gasteiger partial charge in [-0.3, -0.25) is 4.79 Å². The molecule has 0 radical (unpaired) electrons. The molecule has 0 spiro atoms. The molecule has 5 N–H and O–H groups in total. The van der Waals surface area contributed by atoms with Gasteiger partial charge in [0.2, 0.25) is 5.91 Å². The van der Waals surface area contributed by atoms with Crippen LogP contribution >= 0.6 is 0 Å². The number of likely N-dealkylation sites (N-methyl/N-ethyl adjacent to an activating group) is 1. The van der Waals surface area contributed by atoms with Crippen LogP contribution in [0.5, 0.6) is 0 Å². The lowest BCUT2D eigenvalue weighted by atomic mass is 10.0. The number of primary amides is 1. The van der Waals surface area contributed by atoms with Gasteiger partial charge in [0.05, 0.1) is 11.4 Å². The van der Waals surface area contributed by atoms with E-state index in [1.807, 2.05) is 14.1 Å². The zero-order valence-corrected chi connectivity index (χ0v) is 12.1. The van der Waals surface area contributed by atoms with Crippen LogP contribution in [0, 0.1) is 5.92 Å². The third kappa shape index (κ3) is 4.44. The molecule has 19 heavy (non-hydrogen) atoms. The molecule has 0 saturated carbocycles. The molecule has 1 aromatic carbocycles. The van der Waals surface area contributed by atoms with E-state index >= 15 is 0 Å². The largest absolute Gasteiger partial charge is 0.397 e. The number of nitrogens with one attached hydrogen (secondary N) is 1. The Balaban J connectivity index is 2.88. The predicted molar refractivity (Wildman–Crippen MR) is 80.2 cm³/mol. The predicted octanol–water partition coefficient (Wildman–Crippen LogP) is 1.37. The molecule has 0 aliphatic heterocycles. The van der Waals surface area contributed by atoms with Crippen LogP contribution in [0.1, 0.15) is 24.2 Å². The first-order valence-electron chi connectivity index (χ1n) is 6.42. The van der Waals surface area contributed by atoms with Crippen LogP contribution in [0.2, 0.25) is 0 Å². The van der Waals surface area contributed by atoms with Crippen molar-refractivity contribution < 1.29 is 4.79 Å². The second-order valence-electron chi connectivity index (χ2n) is 5.42. The molecule has 1 rings (SSSR count). The highest BCUT2D eigenvalue weighted by molar-refractivity contribution is 5.94. The van der Waals surface area contributed by atoms with Crippen molar-refractivity contribution in [2.45, 2.75) is 19.9 Å². The monoisotopic (exact) mass is 264 g/mol. The molecule has 0 bridgehead atoms. The van der Waals surface area contributed by atoms with Crippen molar-refractivity contribution in [3.63, 3.8) is 0 Å². The van der Waals surface area contributed by atoms with Gasteiger partial charge in [0.1, 0.15) is 0 Å². The highest BCUT2D eigenvalue weighted by atomic mass is 16.1. The third-order valence-corrected chi connectivity index (χ3v) is 3.04. The van der Waals surface area contributed by atoms with Crippen LogP contribution in [0.4, 0.5) is 11.4 Å². The summed E-state index contributed by atoms with van der Waals surface area (Å²) in [6, 6.07) is 5.39. The van der Waals surface area contributed by atoms with Crippen molar-refractivity contribution in [1.29, 1.82) is 0 Å². The van der Waals surface area contributed by atoms with Crippen molar-refractivity contribution in [2.75, 3.05) is 31.7 Å². The average Bonchev–Trinajstić information content (AvgIpc) is 2.29. The Bertz CT molecular complexity index is 443. The molecular formula is C14H24N4O. The van der Waals surface area contributed by atoms with Gasteiger partial charge in [-0.1, -0.05) is 13.8 Å². The summed E-state index contributed by atoms with van der Waals surface area (Å²) in [7, 11) is 4.08. The molecule has 1 unspecified atom stereocenters. The quantitative estimate of drug-likeness (QED) is 0.677. The van der Waals surface area contributed by atoms with Gasteiger partial charge in [0, 0.05) is 18.2 Å². The van der Waals surface area contributed by atoms with E-state index in [1.54, 1.807) is 18.2 Å². The Hall–Kier alpha value is -1.75. The molecule has 0 aromatic heterocycles. The van der Waals surface area contributed by atoms with Crippen LogP contribution in [0.25, 0.3) is 0 Å². The highest BCUT2D eigenvalue weighted by Gasteiger charge is 2.15. The summed E-state index contributed by atoms with van der Waals surface area (Å²) in [5.74, 6) is 0.00423. The summed E-state index contributed by atoms with van der Waals surface area (Å²) in [5.41, 5.74) is 13.0. The lowest BCUT2D eigenvalue weighted by molar-refractivity contribution is 0.100. The van der Waals surface area contributed by atoms with E-state index in [0.29, 0.717) is 17.2 Å². The molecule has 1 atom stereocenters. The summed E-state index contributed by atoms with van der Waals surface area (Å²) in [6.45, 7) is 5.24. The molecule has 1 aromatic rings. The lowest BCUT2D eigenvalue weighted by Gasteiger charge is -2.27. The Morgan fingerprint density at radius 3 is 2.42 bits per heavy atom. The van der Waals surface area contributed by atoms with Gasteiger partial charge in [-0.05, 0) is 38.2 Å². The van der Waals surface area contributed by atoms with E-state index in [9.17, 15) is 4.79 Å². The first-order chi connectivity index (χ1) is 8.81. The van der Waals surface area contributed by atoms with E-state index in [2.05, 4.69) is 24.1 Å². The minimum Gasteiger partial charge on any atom is -0.397 e. The number of anilines is 2. The molecule has 0 aliphatic rings. The number of nitrogens with zero attached hydrogens (tertiary/aromatic N) is 1. The number of amides is 1. The number of benzene rings is 1. The number of carbonyl (C=O) groups is 1. The maximum Gasteiger partial charge on any atom is 0.248 e. The van der Waals surface area contributed by atoms with Crippen LogP contribution in [-0.2, 0) is 0 Å². The number of carbonyl (C=O) groups excluding carboxylic acids is 1. The molecule has 0 fully saturated rings. The summed E-state index contributed by atoms with van der Waals surface area (Å²) in [5, 5.41) is 3.43. The second-order valence-corrected chi connectivity index (χ2v) is 5.42. The minimum absolute atomic E-state index is 0.289. The van der Waals surface area contributed by atoms with Gasteiger partial charge in [-0.25, -0.2) is 0 Å². The maximum atomic E-state index is 11.1. The van der Waals surface area contributed by atoms with E-state index in [-0.39, 0.29) is 6.04 Å². The lowest BCUT2D eigenvalue weighted by Crippen LogP contribution is -2.36. The van der Waals surface area contributed by atoms with Crippen molar-refractivity contribution in [1.82, 2.24) is 4.90 Å². The van der Waals surface area contributed by atoms with Crippen LogP contribution in [0.15, 0.2) is 18.2 Å². The first-order valence-corrected chi connectivity index (χ1v) is 6.42. The molecule has 0 saturated heterocycles. The Kier molecular flexibility index (Phi) is 5.18. The fourth-order valence-electron chi connectivity index (χ4n) is 1.86. The van der Waals surface area contributed by atoms with Gasteiger partial charge in [-0.2, -0.15) is 0 Å². The normalized spacial score (nSPS) is 12.7. The molecule has 0 heterocycles. The second kappa shape index (κ2) is 6.43. The van der Waals surface area contributed by atoms with Gasteiger partial charge >= 0.3 is 0 Å². The molecule has 5 heteroatoms. The molecule has 1 amide bonds. The smallest absolute Gasteiger partial charge is 0.248 e. The van der Waals surface area contributed by atoms with Crippen LogP contribution in [0.3, 0.4) is 0 Å². The average molecular weight is 264 g/mol. The van der Waals surface area contributed by atoms with Crippen molar-refractivity contribution in [3.8, 4) is 0 Å². The highest BCUT2D eigenvalue weighted by Crippen LogP contribution is 2.22. The van der Waals surface area contributed by atoms with Crippen LogP contribution in [-0.4, -0.2) is 37.5 Å². The van der Waals surface area contributed by atoms with E-state index < -0.39 is 5.91 Å². The number of hydrogen-bond acceptors (Lipinski definition) is 4. The standard InChI is InChI=1S/C14H24N4O/c1-9(2)13(8-18(3)4)17-12-6-5-10(14(16)19)7-11(12)15/h5-7,9,13,17H,8,15H2,1-4H3,(H2,16,19). The third-order valence-electron chi connectivity index (χ3n) is 3.04. The van der Waals surface area contributed by atoms with Crippen LogP contribution < -0.4 is 16.8 Å². The van der Waals surface area contributed by atoms with Gasteiger partial charge in [0.15, 0.2) is 0 Å². The molecule has 5 nitrogen and oxygen atoms in total. The van der Waals surface area contributed by atoms with Gasteiger partial charge < -0.3 is 21.7 Å².